The van der Waals surface area contributed by atoms with Crippen molar-refractivity contribution in [3.8, 4) is 0 Å². The van der Waals surface area contributed by atoms with Gasteiger partial charge in [0.25, 0.3) is 0 Å². The van der Waals surface area contributed by atoms with Gasteiger partial charge in [-0.1, -0.05) is 6.92 Å². The summed E-state index contributed by atoms with van der Waals surface area (Å²) < 4.78 is 5.53. The maximum absolute atomic E-state index is 7.00. The fourth-order valence-electron chi connectivity index (χ4n) is 1.82. The van der Waals surface area contributed by atoms with Gasteiger partial charge in [0, 0.05) is 32.3 Å². The van der Waals surface area contributed by atoms with Gasteiger partial charge in [0.1, 0.15) is 0 Å². The molecule has 0 aromatic rings. The molecule has 1 saturated heterocycles. The zero-order valence-electron chi connectivity index (χ0n) is 11.4. The summed E-state index contributed by atoms with van der Waals surface area (Å²) >= 11 is 0. The van der Waals surface area contributed by atoms with Crippen molar-refractivity contribution in [2.45, 2.75) is 32.9 Å². The van der Waals surface area contributed by atoms with Gasteiger partial charge in [-0.25, -0.2) is 0 Å². The van der Waals surface area contributed by atoms with Crippen LogP contribution in [0.3, 0.4) is 0 Å². The Morgan fingerprint density at radius 2 is 2.06 bits per heavy atom. The lowest BCUT2D eigenvalue weighted by Gasteiger charge is -2.37. The van der Waals surface area contributed by atoms with Gasteiger partial charge in [0.2, 0.25) is 0 Å². The van der Waals surface area contributed by atoms with Gasteiger partial charge in [-0.05, 0) is 27.4 Å². The number of hydrogen-bond acceptors (Lipinski definition) is 4. The van der Waals surface area contributed by atoms with Gasteiger partial charge in [-0.3, -0.25) is 4.90 Å². The Morgan fingerprint density at radius 1 is 1.44 bits per heavy atom. The van der Waals surface area contributed by atoms with Crippen LogP contribution in [0.2, 0.25) is 0 Å². The Bertz CT molecular complexity index is 165. The molecule has 98 valence electrons. The van der Waals surface area contributed by atoms with Crippen molar-refractivity contribution in [1.82, 2.24) is 9.80 Å². The number of likely N-dealkylation sites (N-methyl/N-ethyl adjacent to an activating group) is 2. The molecule has 1 atom stereocenters. The molecule has 0 bridgehead atoms. The van der Waals surface area contributed by atoms with E-state index in [4.69, 9.17) is 9.84 Å². The molecule has 1 unspecified atom stereocenters. The first-order chi connectivity index (χ1) is 7.65. The average Bonchev–Trinajstić information content (AvgIpc) is 2.32. The summed E-state index contributed by atoms with van der Waals surface area (Å²) in [4.78, 5) is 4.91. The van der Waals surface area contributed by atoms with Crippen molar-refractivity contribution < 1.29 is 9.84 Å². The summed E-state index contributed by atoms with van der Waals surface area (Å²) in [5, 5.41) is 7.00. The Hall–Kier alpha value is -0.160. The topological polar surface area (TPSA) is 35.9 Å². The number of morpholine rings is 1. The third-order valence-corrected chi connectivity index (χ3v) is 3.14. The van der Waals surface area contributed by atoms with Crippen LogP contribution in [0.25, 0.3) is 0 Å². The van der Waals surface area contributed by atoms with Crippen LogP contribution in [0, 0.1) is 0 Å². The molecular weight excluding hydrogens is 204 g/mol. The van der Waals surface area contributed by atoms with Crippen LogP contribution < -0.4 is 0 Å². The molecule has 4 heteroatoms. The van der Waals surface area contributed by atoms with E-state index in [1.165, 1.54) is 0 Å². The molecule has 0 aromatic heterocycles. The van der Waals surface area contributed by atoms with Crippen LogP contribution in [-0.4, -0.2) is 74.0 Å². The van der Waals surface area contributed by atoms with Crippen molar-refractivity contribution in [3.05, 3.63) is 0 Å². The fourth-order valence-corrected chi connectivity index (χ4v) is 1.82. The van der Waals surface area contributed by atoms with Crippen LogP contribution >= 0.6 is 0 Å². The number of hydrogen-bond donors (Lipinski definition) is 1. The molecule has 1 fully saturated rings. The molecule has 1 N–H and O–H groups in total. The van der Waals surface area contributed by atoms with Gasteiger partial charge < -0.3 is 14.7 Å². The molecule has 0 saturated carbocycles. The lowest BCUT2D eigenvalue weighted by molar-refractivity contribution is -0.0175. The Labute approximate surface area is 100 Å². The van der Waals surface area contributed by atoms with Crippen molar-refractivity contribution in [3.63, 3.8) is 0 Å². The average molecular weight is 232 g/mol. The SMILES string of the molecule is CCN1CCOCC1CN(C)C(C)C.CO. The fraction of sp³-hybridized carbons (Fsp3) is 1.00. The minimum atomic E-state index is 0.584. The smallest absolute Gasteiger partial charge is 0.0634 e. The predicted octanol–water partition coefficient (Wildman–Crippen LogP) is 0.656. The summed E-state index contributed by atoms with van der Waals surface area (Å²) in [7, 11) is 3.19. The Morgan fingerprint density at radius 3 is 2.56 bits per heavy atom. The maximum atomic E-state index is 7.00. The monoisotopic (exact) mass is 232 g/mol. The van der Waals surface area contributed by atoms with Crippen LogP contribution in [0.1, 0.15) is 20.8 Å². The van der Waals surface area contributed by atoms with E-state index < -0.39 is 0 Å². The molecule has 1 aliphatic heterocycles. The van der Waals surface area contributed by atoms with E-state index in [-0.39, 0.29) is 0 Å². The van der Waals surface area contributed by atoms with E-state index in [0.717, 1.165) is 40.0 Å². The third-order valence-electron chi connectivity index (χ3n) is 3.14. The highest BCUT2D eigenvalue weighted by molar-refractivity contribution is 4.77. The van der Waals surface area contributed by atoms with Gasteiger partial charge in [0.15, 0.2) is 0 Å². The lowest BCUT2D eigenvalue weighted by Crippen LogP contribution is -2.51. The molecule has 16 heavy (non-hydrogen) atoms. The zero-order chi connectivity index (χ0) is 12.6. The highest BCUT2D eigenvalue weighted by Gasteiger charge is 2.23. The highest BCUT2D eigenvalue weighted by Crippen LogP contribution is 2.08. The van der Waals surface area contributed by atoms with E-state index in [9.17, 15) is 0 Å². The Kier molecular flexibility index (Phi) is 8.84. The molecule has 1 aliphatic rings. The maximum Gasteiger partial charge on any atom is 0.0634 e. The number of aliphatic hydroxyl groups excluding tert-OH is 1. The first-order valence-corrected chi connectivity index (χ1v) is 6.12. The van der Waals surface area contributed by atoms with Crippen LogP contribution in [0.4, 0.5) is 0 Å². The lowest BCUT2D eigenvalue weighted by atomic mass is 10.2. The van der Waals surface area contributed by atoms with E-state index in [2.05, 4.69) is 37.6 Å². The normalized spacial score (nSPS) is 22.1. The molecular formula is C12H28N2O2. The number of rotatable bonds is 4. The molecule has 1 rings (SSSR count). The second-order valence-electron chi connectivity index (χ2n) is 4.39. The molecule has 0 radical (unpaired) electrons. The van der Waals surface area contributed by atoms with Crippen molar-refractivity contribution in [2.24, 2.45) is 0 Å². The molecule has 0 spiro atoms. The summed E-state index contributed by atoms with van der Waals surface area (Å²) in [5.74, 6) is 0. The van der Waals surface area contributed by atoms with E-state index in [1.807, 2.05) is 0 Å². The standard InChI is InChI=1S/C11H24N2O.CH4O/c1-5-13-6-7-14-9-11(13)8-12(4)10(2)3;1-2/h10-11H,5-9H2,1-4H3;2H,1H3. The van der Waals surface area contributed by atoms with Crippen LogP contribution in [0.5, 0.6) is 0 Å². The number of ether oxygens (including phenoxy) is 1. The van der Waals surface area contributed by atoms with Crippen LogP contribution in [0.15, 0.2) is 0 Å². The van der Waals surface area contributed by atoms with Crippen molar-refractivity contribution >= 4 is 0 Å². The largest absolute Gasteiger partial charge is 0.400 e. The van der Waals surface area contributed by atoms with E-state index >= 15 is 0 Å². The summed E-state index contributed by atoms with van der Waals surface area (Å²) in [6, 6.07) is 1.21. The first kappa shape index (κ1) is 15.8. The highest BCUT2D eigenvalue weighted by atomic mass is 16.5. The summed E-state index contributed by atoms with van der Waals surface area (Å²) in [6.07, 6.45) is 0. The first-order valence-electron chi connectivity index (χ1n) is 6.12. The van der Waals surface area contributed by atoms with Crippen LogP contribution in [-0.2, 0) is 4.74 Å². The number of nitrogens with zero attached hydrogens (tertiary/aromatic N) is 2. The minimum Gasteiger partial charge on any atom is -0.400 e. The van der Waals surface area contributed by atoms with Gasteiger partial charge in [-0.2, -0.15) is 0 Å². The molecule has 4 nitrogen and oxygen atoms in total. The third kappa shape index (κ3) is 5.25. The number of aliphatic hydroxyl groups is 1. The second-order valence-corrected chi connectivity index (χ2v) is 4.39. The van der Waals surface area contributed by atoms with Gasteiger partial charge in [0.05, 0.1) is 13.2 Å². The second kappa shape index (κ2) is 8.93. The van der Waals surface area contributed by atoms with E-state index in [0.29, 0.717) is 12.1 Å². The quantitative estimate of drug-likeness (QED) is 0.772. The summed E-state index contributed by atoms with van der Waals surface area (Å²) in [6.45, 7) is 11.8. The Balaban J connectivity index is 0.00000106. The van der Waals surface area contributed by atoms with Gasteiger partial charge in [-0.15, -0.1) is 0 Å². The van der Waals surface area contributed by atoms with Crippen molar-refractivity contribution in [2.75, 3.05) is 47.0 Å². The van der Waals surface area contributed by atoms with E-state index in [1.54, 1.807) is 0 Å². The zero-order valence-corrected chi connectivity index (χ0v) is 11.4. The van der Waals surface area contributed by atoms with Crippen molar-refractivity contribution in [1.29, 1.82) is 0 Å². The molecule has 0 aromatic carbocycles. The molecule has 0 aliphatic carbocycles. The predicted molar refractivity (Wildman–Crippen MR) is 67.8 cm³/mol. The molecule has 0 amide bonds. The molecule has 1 heterocycles. The minimum absolute atomic E-state index is 0.584. The summed E-state index contributed by atoms with van der Waals surface area (Å²) in [5.41, 5.74) is 0. The van der Waals surface area contributed by atoms with Gasteiger partial charge >= 0.3 is 0 Å².